The number of halogens is 1. The van der Waals surface area contributed by atoms with Crippen molar-refractivity contribution in [2.24, 2.45) is 0 Å². The predicted molar refractivity (Wildman–Crippen MR) is 67.6 cm³/mol. The van der Waals surface area contributed by atoms with Crippen molar-refractivity contribution >= 4 is 5.82 Å². The Labute approximate surface area is 102 Å². The Morgan fingerprint density at radius 1 is 1.53 bits per heavy atom. The van der Waals surface area contributed by atoms with Crippen LogP contribution >= 0.6 is 0 Å². The lowest BCUT2D eigenvalue weighted by molar-refractivity contribution is 0.613. The third kappa shape index (κ3) is 2.94. The van der Waals surface area contributed by atoms with E-state index in [1.165, 1.54) is 19.0 Å². The number of pyridine rings is 1. The van der Waals surface area contributed by atoms with Gasteiger partial charge in [-0.2, -0.15) is 0 Å². The molecule has 1 aromatic rings. The summed E-state index contributed by atoms with van der Waals surface area (Å²) in [5.41, 5.74) is 0.952. The fourth-order valence-corrected chi connectivity index (χ4v) is 2.14. The topological polar surface area (TPSA) is 28.2 Å². The van der Waals surface area contributed by atoms with Crippen molar-refractivity contribution in [3.05, 3.63) is 23.6 Å². The molecule has 1 heterocycles. The van der Waals surface area contributed by atoms with E-state index >= 15 is 0 Å². The van der Waals surface area contributed by atoms with Gasteiger partial charge in [0.1, 0.15) is 11.6 Å². The minimum absolute atomic E-state index is 0.258. The van der Waals surface area contributed by atoms with Crippen LogP contribution in [0.1, 0.15) is 31.7 Å². The molecule has 0 atom stereocenters. The summed E-state index contributed by atoms with van der Waals surface area (Å²) in [5.74, 6) is 0.691. The molecule has 0 bridgehead atoms. The van der Waals surface area contributed by atoms with E-state index in [1.54, 1.807) is 6.07 Å². The Morgan fingerprint density at radius 2 is 2.29 bits per heavy atom. The zero-order valence-corrected chi connectivity index (χ0v) is 10.5. The molecule has 1 saturated carbocycles. The zero-order valence-electron chi connectivity index (χ0n) is 10.5. The van der Waals surface area contributed by atoms with Crippen LogP contribution in [-0.4, -0.2) is 24.6 Å². The van der Waals surface area contributed by atoms with Crippen molar-refractivity contribution in [2.75, 3.05) is 18.5 Å². The molecule has 1 aliphatic rings. The summed E-state index contributed by atoms with van der Waals surface area (Å²) in [6, 6.07) is 2.20. The molecule has 0 aromatic carbocycles. The second kappa shape index (κ2) is 5.45. The molecule has 1 aliphatic carbocycles. The maximum absolute atomic E-state index is 13.2. The summed E-state index contributed by atoms with van der Waals surface area (Å²) >= 11 is 0. The van der Waals surface area contributed by atoms with Gasteiger partial charge in [0.15, 0.2) is 0 Å². The third-order valence-corrected chi connectivity index (χ3v) is 3.00. The molecule has 0 saturated heterocycles. The van der Waals surface area contributed by atoms with Gasteiger partial charge in [0, 0.05) is 24.7 Å². The molecule has 0 aliphatic heterocycles. The van der Waals surface area contributed by atoms with Crippen molar-refractivity contribution in [1.82, 2.24) is 10.3 Å². The van der Waals surface area contributed by atoms with Gasteiger partial charge < -0.3 is 10.2 Å². The van der Waals surface area contributed by atoms with Gasteiger partial charge in [-0.05, 0) is 32.4 Å². The van der Waals surface area contributed by atoms with Crippen LogP contribution in [0.5, 0.6) is 0 Å². The molecule has 0 radical (unpaired) electrons. The van der Waals surface area contributed by atoms with Crippen molar-refractivity contribution in [2.45, 2.75) is 38.8 Å². The lowest BCUT2D eigenvalue weighted by Crippen LogP contribution is -2.29. The highest BCUT2D eigenvalue weighted by molar-refractivity contribution is 5.49. The van der Waals surface area contributed by atoms with E-state index in [4.69, 9.17) is 0 Å². The van der Waals surface area contributed by atoms with E-state index in [9.17, 15) is 4.39 Å². The maximum atomic E-state index is 13.2. The van der Waals surface area contributed by atoms with Gasteiger partial charge in [0.25, 0.3) is 0 Å². The number of anilines is 1. The van der Waals surface area contributed by atoms with Gasteiger partial charge in [0.2, 0.25) is 0 Å². The lowest BCUT2D eigenvalue weighted by Gasteiger charge is -2.25. The number of hydrogen-bond donors (Lipinski definition) is 1. The quantitative estimate of drug-likeness (QED) is 0.823. The van der Waals surface area contributed by atoms with E-state index in [0.29, 0.717) is 12.6 Å². The van der Waals surface area contributed by atoms with E-state index in [0.717, 1.165) is 24.3 Å². The van der Waals surface area contributed by atoms with Crippen LogP contribution in [-0.2, 0) is 6.54 Å². The fraction of sp³-hybridized carbons (Fsp3) is 0.615. The van der Waals surface area contributed by atoms with Gasteiger partial charge in [-0.1, -0.05) is 6.92 Å². The number of nitrogens with zero attached hydrogens (tertiary/aromatic N) is 2. The van der Waals surface area contributed by atoms with Crippen molar-refractivity contribution in [1.29, 1.82) is 0 Å². The first-order valence-electron chi connectivity index (χ1n) is 6.32. The summed E-state index contributed by atoms with van der Waals surface area (Å²) < 4.78 is 13.2. The first kappa shape index (κ1) is 12.3. The van der Waals surface area contributed by atoms with Crippen LogP contribution in [0.2, 0.25) is 0 Å². The van der Waals surface area contributed by atoms with E-state index < -0.39 is 0 Å². The van der Waals surface area contributed by atoms with Gasteiger partial charge in [-0.3, -0.25) is 0 Å². The average Bonchev–Trinajstić information content (AvgIpc) is 3.11. The summed E-state index contributed by atoms with van der Waals surface area (Å²) in [6.45, 7) is 3.82. The molecule has 94 valence electrons. The summed E-state index contributed by atoms with van der Waals surface area (Å²) in [4.78, 5) is 6.61. The van der Waals surface area contributed by atoms with Crippen molar-refractivity contribution in [3.8, 4) is 0 Å². The van der Waals surface area contributed by atoms with Crippen LogP contribution in [0.3, 0.4) is 0 Å². The minimum Gasteiger partial charge on any atom is -0.353 e. The molecule has 1 fully saturated rings. The standard InChI is InChI=1S/C13H20FN3/c1-3-6-17(12-4-5-12)13-10(8-15-2)7-11(14)9-16-13/h7,9,12,15H,3-6,8H2,1-2H3. The number of hydrogen-bond acceptors (Lipinski definition) is 3. The van der Waals surface area contributed by atoms with E-state index in [2.05, 4.69) is 22.1 Å². The number of rotatable bonds is 6. The molecule has 2 rings (SSSR count). The Morgan fingerprint density at radius 3 is 2.88 bits per heavy atom. The van der Waals surface area contributed by atoms with Gasteiger partial charge in [-0.25, -0.2) is 9.37 Å². The van der Waals surface area contributed by atoms with Crippen LogP contribution in [0.25, 0.3) is 0 Å². The highest BCUT2D eigenvalue weighted by Gasteiger charge is 2.30. The number of aromatic nitrogens is 1. The highest BCUT2D eigenvalue weighted by Crippen LogP contribution is 2.32. The molecular formula is C13H20FN3. The smallest absolute Gasteiger partial charge is 0.141 e. The van der Waals surface area contributed by atoms with Crippen LogP contribution in [0, 0.1) is 5.82 Å². The first-order valence-corrected chi connectivity index (χ1v) is 6.32. The number of nitrogens with one attached hydrogen (secondary N) is 1. The van der Waals surface area contributed by atoms with E-state index in [1.807, 2.05) is 7.05 Å². The molecule has 3 nitrogen and oxygen atoms in total. The zero-order chi connectivity index (χ0) is 12.3. The summed E-state index contributed by atoms with van der Waals surface area (Å²) in [5, 5.41) is 3.07. The molecule has 0 spiro atoms. The highest BCUT2D eigenvalue weighted by atomic mass is 19.1. The Balaban J connectivity index is 2.27. The molecular weight excluding hydrogens is 217 g/mol. The summed E-state index contributed by atoms with van der Waals surface area (Å²) in [6.07, 6.45) is 4.88. The van der Waals surface area contributed by atoms with Gasteiger partial charge >= 0.3 is 0 Å². The largest absolute Gasteiger partial charge is 0.353 e. The van der Waals surface area contributed by atoms with Gasteiger partial charge in [-0.15, -0.1) is 0 Å². The predicted octanol–water partition coefficient (Wildman–Crippen LogP) is 2.32. The van der Waals surface area contributed by atoms with Crippen molar-refractivity contribution in [3.63, 3.8) is 0 Å². The SMILES string of the molecule is CCCN(c1ncc(F)cc1CNC)C1CC1. The second-order valence-electron chi connectivity index (χ2n) is 4.59. The molecule has 0 unspecified atom stereocenters. The van der Waals surface area contributed by atoms with E-state index in [-0.39, 0.29) is 5.82 Å². The molecule has 1 aromatic heterocycles. The van der Waals surface area contributed by atoms with Crippen LogP contribution < -0.4 is 10.2 Å². The first-order chi connectivity index (χ1) is 8.26. The van der Waals surface area contributed by atoms with Gasteiger partial charge in [0.05, 0.1) is 6.20 Å². The minimum atomic E-state index is -0.258. The summed E-state index contributed by atoms with van der Waals surface area (Å²) in [7, 11) is 1.87. The normalized spacial score (nSPS) is 15.0. The molecule has 4 heteroatoms. The second-order valence-corrected chi connectivity index (χ2v) is 4.59. The lowest BCUT2D eigenvalue weighted by atomic mass is 10.2. The average molecular weight is 237 g/mol. The Hall–Kier alpha value is -1.16. The molecule has 17 heavy (non-hydrogen) atoms. The molecule has 0 amide bonds. The van der Waals surface area contributed by atoms with Crippen LogP contribution in [0.15, 0.2) is 12.3 Å². The Bertz CT molecular complexity index is 377. The maximum Gasteiger partial charge on any atom is 0.141 e. The molecule has 1 N–H and O–H groups in total. The van der Waals surface area contributed by atoms with Crippen LogP contribution in [0.4, 0.5) is 10.2 Å². The van der Waals surface area contributed by atoms with Crippen molar-refractivity contribution < 1.29 is 4.39 Å². The monoisotopic (exact) mass is 237 g/mol. The third-order valence-electron chi connectivity index (χ3n) is 3.00. The Kier molecular flexibility index (Phi) is 3.94. The fourth-order valence-electron chi connectivity index (χ4n) is 2.14.